The normalized spacial score (nSPS) is 25.6. The average Bonchev–Trinajstić information content (AvgIpc) is 3.14. The Labute approximate surface area is 148 Å². The molecule has 1 aromatic carbocycles. The molecule has 1 spiro atoms. The highest BCUT2D eigenvalue weighted by Gasteiger charge is 2.55. The van der Waals surface area contributed by atoms with E-state index < -0.39 is 5.41 Å². The van der Waals surface area contributed by atoms with Gasteiger partial charge >= 0.3 is 0 Å². The van der Waals surface area contributed by atoms with Crippen molar-refractivity contribution in [2.24, 2.45) is 11.3 Å². The third-order valence-corrected chi connectivity index (χ3v) is 5.57. The summed E-state index contributed by atoms with van der Waals surface area (Å²) in [6, 6.07) is 8.71. The number of hydrogen-bond donors (Lipinski definition) is 0. The standard InChI is InChI=1S/C19H23N3O3/c1-14-12-22(17(23)16-5-3-15(11-20)4-6-16)13-19(14)7-8-21(18(19)24)9-10-25-2/h3-6,14H,7-10,12-13H2,1-2H3/t14-,19-/m1/s1. The second-order valence-electron chi connectivity index (χ2n) is 6.97. The topological polar surface area (TPSA) is 73.6 Å². The number of carbonyl (C=O) groups excluding carboxylic acids is 2. The molecule has 0 N–H and O–H groups in total. The lowest BCUT2D eigenvalue weighted by Gasteiger charge is -2.26. The van der Waals surface area contributed by atoms with Crippen LogP contribution in [0.3, 0.4) is 0 Å². The molecule has 6 heteroatoms. The Hall–Kier alpha value is -2.39. The molecule has 3 rings (SSSR count). The van der Waals surface area contributed by atoms with Gasteiger partial charge in [0, 0.05) is 38.9 Å². The number of nitriles is 1. The van der Waals surface area contributed by atoms with Gasteiger partial charge in [0.15, 0.2) is 0 Å². The molecule has 0 aromatic heterocycles. The van der Waals surface area contributed by atoms with Crippen molar-refractivity contribution in [2.45, 2.75) is 13.3 Å². The lowest BCUT2D eigenvalue weighted by molar-refractivity contribution is -0.137. The molecule has 6 nitrogen and oxygen atoms in total. The van der Waals surface area contributed by atoms with Crippen LogP contribution in [0.2, 0.25) is 0 Å². The minimum atomic E-state index is -0.462. The molecule has 2 aliphatic rings. The number of hydrogen-bond acceptors (Lipinski definition) is 4. The molecule has 2 saturated heterocycles. The van der Waals surface area contributed by atoms with Crippen LogP contribution in [-0.2, 0) is 9.53 Å². The lowest BCUT2D eigenvalue weighted by Crippen LogP contribution is -2.41. The number of amides is 2. The van der Waals surface area contributed by atoms with Crippen molar-refractivity contribution in [1.82, 2.24) is 9.80 Å². The lowest BCUT2D eigenvalue weighted by atomic mass is 9.78. The molecule has 0 bridgehead atoms. The summed E-state index contributed by atoms with van der Waals surface area (Å²) in [6.07, 6.45) is 0.786. The number of ether oxygens (including phenoxy) is 1. The van der Waals surface area contributed by atoms with Crippen LogP contribution in [0.4, 0.5) is 0 Å². The monoisotopic (exact) mass is 341 g/mol. The summed E-state index contributed by atoms with van der Waals surface area (Å²) in [5.41, 5.74) is 0.628. The van der Waals surface area contributed by atoms with Crippen molar-refractivity contribution in [2.75, 3.05) is 39.9 Å². The zero-order valence-corrected chi connectivity index (χ0v) is 14.7. The molecule has 0 saturated carbocycles. The van der Waals surface area contributed by atoms with E-state index >= 15 is 0 Å². The van der Waals surface area contributed by atoms with Gasteiger partial charge in [0.25, 0.3) is 5.91 Å². The van der Waals surface area contributed by atoms with E-state index in [1.807, 2.05) is 4.90 Å². The first-order chi connectivity index (χ1) is 12.0. The first-order valence-corrected chi connectivity index (χ1v) is 8.59. The SMILES string of the molecule is COCCN1CC[C@]2(CN(C(=O)c3ccc(C#N)cc3)C[C@H]2C)C1=O. The van der Waals surface area contributed by atoms with Crippen molar-refractivity contribution >= 4 is 11.8 Å². The van der Waals surface area contributed by atoms with Crippen LogP contribution in [0.5, 0.6) is 0 Å². The van der Waals surface area contributed by atoms with Crippen LogP contribution >= 0.6 is 0 Å². The Morgan fingerprint density at radius 1 is 1.40 bits per heavy atom. The largest absolute Gasteiger partial charge is 0.383 e. The van der Waals surface area contributed by atoms with Crippen molar-refractivity contribution < 1.29 is 14.3 Å². The molecule has 0 unspecified atom stereocenters. The molecule has 0 radical (unpaired) electrons. The Morgan fingerprint density at radius 2 is 2.12 bits per heavy atom. The van der Waals surface area contributed by atoms with Gasteiger partial charge in [-0.3, -0.25) is 9.59 Å². The van der Waals surface area contributed by atoms with E-state index in [-0.39, 0.29) is 17.7 Å². The first kappa shape index (κ1) is 17.4. The van der Waals surface area contributed by atoms with Gasteiger partial charge in [0.05, 0.1) is 23.7 Å². The van der Waals surface area contributed by atoms with Gasteiger partial charge in [-0.15, -0.1) is 0 Å². The second kappa shape index (κ2) is 6.85. The summed E-state index contributed by atoms with van der Waals surface area (Å²) in [4.78, 5) is 29.4. The van der Waals surface area contributed by atoms with Crippen molar-refractivity contribution in [3.8, 4) is 6.07 Å². The number of carbonyl (C=O) groups is 2. The van der Waals surface area contributed by atoms with Crippen LogP contribution in [0.1, 0.15) is 29.3 Å². The molecule has 2 atom stereocenters. The zero-order valence-electron chi connectivity index (χ0n) is 14.7. The van der Waals surface area contributed by atoms with E-state index in [1.54, 1.807) is 36.3 Å². The first-order valence-electron chi connectivity index (χ1n) is 8.59. The van der Waals surface area contributed by atoms with Crippen LogP contribution in [0.15, 0.2) is 24.3 Å². The summed E-state index contributed by atoms with van der Waals surface area (Å²) in [5.74, 6) is 0.207. The summed E-state index contributed by atoms with van der Waals surface area (Å²) < 4.78 is 5.08. The average molecular weight is 341 g/mol. The van der Waals surface area contributed by atoms with Gasteiger partial charge in [-0.25, -0.2) is 0 Å². The molecule has 2 aliphatic heterocycles. The van der Waals surface area contributed by atoms with Crippen molar-refractivity contribution in [1.29, 1.82) is 5.26 Å². The highest BCUT2D eigenvalue weighted by atomic mass is 16.5. The number of methoxy groups -OCH3 is 1. The van der Waals surface area contributed by atoms with Gasteiger partial charge in [-0.1, -0.05) is 6.92 Å². The van der Waals surface area contributed by atoms with Gasteiger partial charge in [0.2, 0.25) is 5.91 Å². The molecular formula is C19H23N3O3. The third-order valence-electron chi connectivity index (χ3n) is 5.57. The maximum Gasteiger partial charge on any atom is 0.253 e. The minimum absolute atomic E-state index is 0.0728. The zero-order chi connectivity index (χ0) is 18.0. The molecule has 0 aliphatic carbocycles. The third kappa shape index (κ3) is 3.00. The van der Waals surface area contributed by atoms with Crippen LogP contribution in [0, 0.1) is 22.7 Å². The van der Waals surface area contributed by atoms with E-state index in [4.69, 9.17) is 10.00 Å². The fourth-order valence-corrected chi connectivity index (χ4v) is 3.97. The van der Waals surface area contributed by atoms with Crippen molar-refractivity contribution in [3.63, 3.8) is 0 Å². The smallest absolute Gasteiger partial charge is 0.253 e. The van der Waals surface area contributed by atoms with Crippen LogP contribution < -0.4 is 0 Å². The van der Waals surface area contributed by atoms with Gasteiger partial charge < -0.3 is 14.5 Å². The van der Waals surface area contributed by atoms with Gasteiger partial charge in [-0.05, 0) is 36.6 Å². The van der Waals surface area contributed by atoms with Crippen LogP contribution in [-0.4, -0.2) is 61.5 Å². The van der Waals surface area contributed by atoms with Gasteiger partial charge in [0.1, 0.15) is 0 Å². The molecule has 2 heterocycles. The molecule has 2 fully saturated rings. The fraction of sp³-hybridized carbons (Fsp3) is 0.526. The second-order valence-corrected chi connectivity index (χ2v) is 6.97. The number of nitrogens with zero attached hydrogens (tertiary/aromatic N) is 3. The Bertz CT molecular complexity index is 710. The Balaban J connectivity index is 1.73. The number of benzene rings is 1. The summed E-state index contributed by atoms with van der Waals surface area (Å²) in [5, 5.41) is 8.87. The molecule has 25 heavy (non-hydrogen) atoms. The predicted octanol–water partition coefficient (Wildman–Crippen LogP) is 1.52. The Kier molecular flexibility index (Phi) is 4.78. The van der Waals surface area contributed by atoms with E-state index in [2.05, 4.69) is 13.0 Å². The van der Waals surface area contributed by atoms with Crippen molar-refractivity contribution in [3.05, 3.63) is 35.4 Å². The van der Waals surface area contributed by atoms with E-state index in [9.17, 15) is 9.59 Å². The van der Waals surface area contributed by atoms with E-state index in [0.717, 1.165) is 13.0 Å². The fourth-order valence-electron chi connectivity index (χ4n) is 3.97. The highest BCUT2D eigenvalue weighted by molar-refractivity contribution is 5.96. The predicted molar refractivity (Wildman–Crippen MR) is 91.7 cm³/mol. The number of rotatable bonds is 4. The highest BCUT2D eigenvalue weighted by Crippen LogP contribution is 2.44. The Morgan fingerprint density at radius 3 is 2.76 bits per heavy atom. The summed E-state index contributed by atoms with van der Waals surface area (Å²) in [6.45, 7) is 4.98. The molecule has 2 amide bonds. The maximum atomic E-state index is 12.9. The molecule has 1 aromatic rings. The summed E-state index contributed by atoms with van der Waals surface area (Å²) in [7, 11) is 1.63. The number of likely N-dealkylation sites (tertiary alicyclic amines) is 2. The molecule has 132 valence electrons. The van der Waals surface area contributed by atoms with Gasteiger partial charge in [-0.2, -0.15) is 5.26 Å². The van der Waals surface area contributed by atoms with Crippen LogP contribution in [0.25, 0.3) is 0 Å². The van der Waals surface area contributed by atoms with E-state index in [0.29, 0.717) is 37.4 Å². The quantitative estimate of drug-likeness (QED) is 0.832. The molecular weight excluding hydrogens is 318 g/mol. The summed E-state index contributed by atoms with van der Waals surface area (Å²) >= 11 is 0. The maximum absolute atomic E-state index is 12.9. The van der Waals surface area contributed by atoms with E-state index in [1.165, 1.54) is 0 Å². The minimum Gasteiger partial charge on any atom is -0.383 e.